The Hall–Kier alpha value is -2.52. The number of hydrogen-bond acceptors (Lipinski definition) is 7. The Labute approximate surface area is 176 Å². The van der Waals surface area contributed by atoms with Crippen molar-refractivity contribution in [2.45, 2.75) is 17.9 Å². The van der Waals surface area contributed by atoms with Gasteiger partial charge in [-0.1, -0.05) is 18.2 Å². The molecule has 1 N–H and O–H groups in total. The Bertz CT molecular complexity index is 912. The first-order valence-corrected chi connectivity index (χ1v) is 11.1. The van der Waals surface area contributed by atoms with E-state index in [0.29, 0.717) is 15.7 Å². The number of benzene rings is 2. The van der Waals surface area contributed by atoms with Crippen molar-refractivity contribution >= 4 is 46.8 Å². The van der Waals surface area contributed by atoms with Crippen molar-refractivity contribution in [3.05, 3.63) is 69.3 Å². The molecule has 3 rings (SSSR count). The molecule has 0 aliphatic carbocycles. The van der Waals surface area contributed by atoms with Gasteiger partial charge >= 0.3 is 5.97 Å². The van der Waals surface area contributed by atoms with Gasteiger partial charge in [0.25, 0.3) is 11.6 Å². The number of anilines is 1. The SMILES string of the molecule is Cc1ccc(NC(=O)COC(=O)c2ccc(C3SCCCS3)cc2)cc1[N+](=O)[O-]. The third kappa shape index (κ3) is 5.74. The molecule has 1 heterocycles. The Balaban J connectivity index is 1.53. The van der Waals surface area contributed by atoms with Gasteiger partial charge in [-0.05, 0) is 48.6 Å². The summed E-state index contributed by atoms with van der Waals surface area (Å²) in [6, 6.07) is 11.6. The molecule has 29 heavy (non-hydrogen) atoms. The molecule has 1 aliphatic heterocycles. The van der Waals surface area contributed by atoms with Crippen LogP contribution >= 0.6 is 23.5 Å². The highest BCUT2D eigenvalue weighted by Crippen LogP contribution is 2.43. The van der Waals surface area contributed by atoms with Crippen LogP contribution in [0, 0.1) is 17.0 Å². The quantitative estimate of drug-likeness (QED) is 0.406. The molecule has 1 fully saturated rings. The fraction of sp³-hybridized carbons (Fsp3) is 0.300. The number of nitrogens with zero attached hydrogens (tertiary/aromatic N) is 1. The van der Waals surface area contributed by atoms with Gasteiger partial charge in [-0.2, -0.15) is 0 Å². The normalized spacial score (nSPS) is 14.2. The molecule has 9 heteroatoms. The zero-order valence-electron chi connectivity index (χ0n) is 15.8. The van der Waals surface area contributed by atoms with Gasteiger partial charge in [-0.3, -0.25) is 14.9 Å². The Morgan fingerprint density at radius 2 is 1.86 bits per heavy atom. The van der Waals surface area contributed by atoms with Gasteiger partial charge < -0.3 is 10.1 Å². The molecule has 0 aromatic heterocycles. The highest BCUT2D eigenvalue weighted by Gasteiger charge is 2.18. The second kappa shape index (κ2) is 9.80. The number of esters is 1. The number of nitrogens with one attached hydrogen (secondary N) is 1. The predicted molar refractivity (Wildman–Crippen MR) is 115 cm³/mol. The molecule has 1 amide bonds. The number of aryl methyl sites for hydroxylation is 1. The monoisotopic (exact) mass is 432 g/mol. The maximum atomic E-state index is 12.2. The maximum Gasteiger partial charge on any atom is 0.338 e. The minimum absolute atomic E-state index is 0.0887. The molecule has 0 radical (unpaired) electrons. The Kier molecular flexibility index (Phi) is 7.16. The predicted octanol–water partition coefficient (Wildman–Crippen LogP) is 4.57. The van der Waals surface area contributed by atoms with Crippen molar-refractivity contribution in [2.75, 3.05) is 23.4 Å². The van der Waals surface area contributed by atoms with Crippen LogP contribution in [0.2, 0.25) is 0 Å². The van der Waals surface area contributed by atoms with E-state index in [1.807, 2.05) is 35.7 Å². The van der Waals surface area contributed by atoms with Crippen molar-refractivity contribution in [1.29, 1.82) is 0 Å². The van der Waals surface area contributed by atoms with Crippen LogP contribution in [-0.2, 0) is 9.53 Å². The van der Waals surface area contributed by atoms with Gasteiger partial charge in [-0.25, -0.2) is 4.79 Å². The van der Waals surface area contributed by atoms with Gasteiger partial charge in [0.1, 0.15) is 0 Å². The molecule has 0 saturated carbocycles. The van der Waals surface area contributed by atoms with Gasteiger partial charge in [0, 0.05) is 17.3 Å². The van der Waals surface area contributed by atoms with E-state index in [0.717, 1.165) is 17.1 Å². The van der Waals surface area contributed by atoms with Crippen molar-refractivity contribution < 1.29 is 19.2 Å². The fourth-order valence-electron chi connectivity index (χ4n) is 2.75. The summed E-state index contributed by atoms with van der Waals surface area (Å²) < 4.78 is 5.44. The molecule has 1 saturated heterocycles. The number of ether oxygens (including phenoxy) is 1. The first kappa shape index (κ1) is 21.2. The first-order valence-electron chi connectivity index (χ1n) is 8.99. The molecule has 7 nitrogen and oxygen atoms in total. The number of nitro benzene ring substituents is 1. The van der Waals surface area contributed by atoms with E-state index in [4.69, 9.17) is 4.74 Å². The van der Waals surface area contributed by atoms with Crippen LogP contribution in [0.1, 0.15) is 32.5 Å². The Morgan fingerprint density at radius 3 is 2.52 bits per heavy atom. The number of carbonyl (C=O) groups is 2. The van der Waals surface area contributed by atoms with E-state index in [1.54, 1.807) is 31.2 Å². The van der Waals surface area contributed by atoms with E-state index in [-0.39, 0.29) is 11.4 Å². The van der Waals surface area contributed by atoms with Crippen LogP contribution in [0.3, 0.4) is 0 Å². The lowest BCUT2D eigenvalue weighted by Gasteiger charge is -2.21. The lowest BCUT2D eigenvalue weighted by Crippen LogP contribution is -2.21. The third-order valence-electron chi connectivity index (χ3n) is 4.27. The highest BCUT2D eigenvalue weighted by molar-refractivity contribution is 8.16. The van der Waals surface area contributed by atoms with Crippen molar-refractivity contribution in [3.63, 3.8) is 0 Å². The summed E-state index contributed by atoms with van der Waals surface area (Å²) in [5, 5.41) is 13.5. The van der Waals surface area contributed by atoms with Crippen molar-refractivity contribution in [2.24, 2.45) is 0 Å². The second-order valence-electron chi connectivity index (χ2n) is 6.43. The molecule has 0 atom stereocenters. The third-order valence-corrected chi connectivity index (χ3v) is 7.28. The lowest BCUT2D eigenvalue weighted by molar-refractivity contribution is -0.385. The molecule has 2 aromatic carbocycles. The topological polar surface area (TPSA) is 98.5 Å². The molecular weight excluding hydrogens is 412 g/mol. The minimum atomic E-state index is -0.592. The summed E-state index contributed by atoms with van der Waals surface area (Å²) in [7, 11) is 0. The average Bonchev–Trinajstić information content (AvgIpc) is 2.74. The zero-order valence-corrected chi connectivity index (χ0v) is 17.4. The first-order chi connectivity index (χ1) is 13.9. The molecule has 0 bridgehead atoms. The molecule has 2 aromatic rings. The smallest absolute Gasteiger partial charge is 0.338 e. The van der Waals surface area contributed by atoms with E-state index in [1.165, 1.54) is 12.5 Å². The second-order valence-corrected chi connectivity index (χ2v) is 9.16. The number of carbonyl (C=O) groups excluding carboxylic acids is 2. The van der Waals surface area contributed by atoms with Gasteiger partial charge in [-0.15, -0.1) is 23.5 Å². The van der Waals surface area contributed by atoms with E-state index in [9.17, 15) is 19.7 Å². The van der Waals surface area contributed by atoms with Crippen molar-refractivity contribution in [1.82, 2.24) is 0 Å². The highest BCUT2D eigenvalue weighted by atomic mass is 32.2. The standard InChI is InChI=1S/C20H20N2O5S2/c1-13-3-8-16(11-17(13)22(25)26)21-18(23)12-27-19(24)14-4-6-15(7-5-14)20-28-9-2-10-29-20/h3-8,11,20H,2,9-10,12H2,1H3,(H,21,23). The molecule has 152 valence electrons. The van der Waals surface area contributed by atoms with Gasteiger partial charge in [0.05, 0.1) is 15.1 Å². The summed E-state index contributed by atoms with van der Waals surface area (Å²) >= 11 is 3.80. The van der Waals surface area contributed by atoms with Crippen LogP contribution in [0.25, 0.3) is 0 Å². The van der Waals surface area contributed by atoms with Gasteiger partial charge in [0.15, 0.2) is 6.61 Å². The summed E-state index contributed by atoms with van der Waals surface area (Å²) in [4.78, 5) is 34.6. The van der Waals surface area contributed by atoms with Crippen LogP contribution in [0.4, 0.5) is 11.4 Å². The minimum Gasteiger partial charge on any atom is -0.452 e. The number of thioether (sulfide) groups is 2. The number of hydrogen-bond donors (Lipinski definition) is 1. The van der Waals surface area contributed by atoms with Crippen LogP contribution in [-0.4, -0.2) is 34.9 Å². The summed E-state index contributed by atoms with van der Waals surface area (Å²) in [5.41, 5.74) is 2.21. The molecule has 0 unspecified atom stereocenters. The maximum absolute atomic E-state index is 12.2. The summed E-state index contributed by atoms with van der Waals surface area (Å²) in [6.45, 7) is 1.14. The number of rotatable bonds is 6. The fourth-order valence-corrected chi connectivity index (χ4v) is 5.65. The van der Waals surface area contributed by atoms with Crippen molar-refractivity contribution in [3.8, 4) is 0 Å². The summed E-state index contributed by atoms with van der Waals surface area (Å²) in [5.74, 6) is 1.12. The zero-order chi connectivity index (χ0) is 20.8. The summed E-state index contributed by atoms with van der Waals surface area (Å²) in [6.07, 6.45) is 1.22. The van der Waals surface area contributed by atoms with E-state index < -0.39 is 23.4 Å². The van der Waals surface area contributed by atoms with Crippen LogP contribution in [0.5, 0.6) is 0 Å². The number of amides is 1. The molecule has 0 spiro atoms. The van der Waals surface area contributed by atoms with E-state index >= 15 is 0 Å². The van der Waals surface area contributed by atoms with Crippen LogP contribution in [0.15, 0.2) is 42.5 Å². The lowest BCUT2D eigenvalue weighted by atomic mass is 10.1. The number of nitro groups is 1. The molecule has 1 aliphatic rings. The molecular formula is C20H20N2O5S2. The van der Waals surface area contributed by atoms with Crippen LogP contribution < -0.4 is 5.32 Å². The Morgan fingerprint density at radius 1 is 1.17 bits per heavy atom. The van der Waals surface area contributed by atoms with Gasteiger partial charge in [0.2, 0.25) is 0 Å². The largest absolute Gasteiger partial charge is 0.452 e. The average molecular weight is 433 g/mol. The van der Waals surface area contributed by atoms with E-state index in [2.05, 4.69) is 5.32 Å².